The van der Waals surface area contributed by atoms with Crippen LogP contribution in [0, 0.1) is 5.92 Å². The number of aromatic carboxylic acids is 1. The predicted octanol–water partition coefficient (Wildman–Crippen LogP) is 5.28. The summed E-state index contributed by atoms with van der Waals surface area (Å²) in [5.41, 5.74) is 0.801. The third-order valence-electron chi connectivity index (χ3n) is 6.80. The standard InChI is InChI=1S/C27H37N3O4S/c1-27(2,3)34-26(33)30(22-16-21(22)20-8-5-4-6-9-20)18-19-11-14-29(15-12-19)13-7-10-24-28-17-23(35-24)25(31)32/h4-6,8-9,17,19,21-22H,7,10-16,18H2,1-3H3,(H,31,32). The van der Waals surface area contributed by atoms with Gasteiger partial charge in [-0.3, -0.25) is 0 Å². The van der Waals surface area contributed by atoms with E-state index in [1.165, 1.54) is 23.1 Å². The number of likely N-dealkylation sites (tertiary alicyclic amines) is 1. The number of thiazole rings is 1. The second-order valence-electron chi connectivity index (χ2n) is 10.8. The second-order valence-corrected chi connectivity index (χ2v) is 11.9. The zero-order valence-electron chi connectivity index (χ0n) is 21.0. The summed E-state index contributed by atoms with van der Waals surface area (Å²) in [5, 5.41) is 9.94. The molecular formula is C27H37N3O4S. The molecular weight excluding hydrogens is 462 g/mol. The molecule has 1 N–H and O–H groups in total. The first kappa shape index (κ1) is 25.6. The molecule has 4 rings (SSSR count). The Morgan fingerprint density at radius 3 is 2.54 bits per heavy atom. The lowest BCUT2D eigenvalue weighted by atomic mass is 9.96. The van der Waals surface area contributed by atoms with Gasteiger partial charge in [0.25, 0.3) is 0 Å². The van der Waals surface area contributed by atoms with E-state index in [1.807, 2.05) is 31.7 Å². The molecule has 190 valence electrons. The van der Waals surface area contributed by atoms with Crippen LogP contribution >= 0.6 is 11.3 Å². The van der Waals surface area contributed by atoms with Gasteiger partial charge in [-0.1, -0.05) is 30.3 Å². The van der Waals surface area contributed by atoms with Gasteiger partial charge in [-0.15, -0.1) is 11.3 Å². The molecule has 0 bridgehead atoms. The van der Waals surface area contributed by atoms with Crippen molar-refractivity contribution in [2.45, 2.75) is 70.4 Å². The van der Waals surface area contributed by atoms with Gasteiger partial charge >= 0.3 is 12.1 Å². The van der Waals surface area contributed by atoms with Gasteiger partial charge in [0.1, 0.15) is 10.5 Å². The Labute approximate surface area is 212 Å². The van der Waals surface area contributed by atoms with Gasteiger partial charge in [0.05, 0.1) is 11.2 Å². The van der Waals surface area contributed by atoms with Gasteiger partial charge in [-0.2, -0.15) is 0 Å². The third-order valence-corrected chi connectivity index (χ3v) is 7.85. The van der Waals surface area contributed by atoms with Gasteiger partial charge in [0.2, 0.25) is 0 Å². The molecule has 1 amide bonds. The summed E-state index contributed by atoms with van der Waals surface area (Å²) < 4.78 is 5.79. The lowest BCUT2D eigenvalue weighted by Gasteiger charge is -2.35. The van der Waals surface area contributed by atoms with Crippen molar-refractivity contribution in [2.75, 3.05) is 26.2 Å². The zero-order valence-corrected chi connectivity index (χ0v) is 21.8. The van der Waals surface area contributed by atoms with Crippen molar-refractivity contribution in [3.63, 3.8) is 0 Å². The van der Waals surface area contributed by atoms with Crippen molar-refractivity contribution in [3.05, 3.63) is 52.0 Å². The molecule has 1 aliphatic carbocycles. The summed E-state index contributed by atoms with van der Waals surface area (Å²) in [6.07, 6.45) is 6.20. The number of hydrogen-bond donors (Lipinski definition) is 1. The maximum Gasteiger partial charge on any atom is 0.410 e. The maximum absolute atomic E-state index is 13.1. The van der Waals surface area contributed by atoms with Crippen molar-refractivity contribution in [1.29, 1.82) is 0 Å². The van der Waals surface area contributed by atoms with E-state index in [9.17, 15) is 9.59 Å². The highest BCUT2D eigenvalue weighted by molar-refractivity contribution is 7.13. The smallest absolute Gasteiger partial charge is 0.410 e. The fraction of sp³-hybridized carbons (Fsp3) is 0.593. The average Bonchev–Trinajstić information content (AvgIpc) is 3.46. The van der Waals surface area contributed by atoms with Crippen LogP contribution in [0.15, 0.2) is 36.5 Å². The SMILES string of the molecule is CC(C)(C)OC(=O)N(CC1CCN(CCCc2ncc(C(=O)O)s2)CC1)C1CC1c1ccccc1. The van der Waals surface area contributed by atoms with E-state index in [1.54, 1.807) is 0 Å². The molecule has 2 atom stereocenters. The number of carboxylic acids is 1. The normalized spacial score (nSPS) is 21.0. The summed E-state index contributed by atoms with van der Waals surface area (Å²) in [6.45, 7) is 9.58. The fourth-order valence-corrected chi connectivity index (χ4v) is 5.70. The average molecular weight is 500 g/mol. The molecule has 1 aliphatic heterocycles. The Morgan fingerprint density at radius 1 is 1.20 bits per heavy atom. The molecule has 7 nitrogen and oxygen atoms in total. The minimum absolute atomic E-state index is 0.187. The van der Waals surface area contributed by atoms with Crippen molar-refractivity contribution in [2.24, 2.45) is 5.92 Å². The van der Waals surface area contributed by atoms with Crippen LogP contribution < -0.4 is 0 Å². The molecule has 0 radical (unpaired) electrons. The molecule has 1 saturated heterocycles. The van der Waals surface area contributed by atoms with Crippen LogP contribution in [-0.4, -0.2) is 69.8 Å². The first-order valence-corrected chi connectivity index (χ1v) is 13.5. The Bertz CT molecular complexity index is 995. The van der Waals surface area contributed by atoms with Crippen LogP contribution in [-0.2, 0) is 11.2 Å². The van der Waals surface area contributed by atoms with Gasteiger partial charge in [-0.05, 0) is 77.6 Å². The van der Waals surface area contributed by atoms with E-state index in [4.69, 9.17) is 9.84 Å². The number of carbonyl (C=O) groups excluding carboxylic acids is 1. The largest absolute Gasteiger partial charge is 0.477 e. The number of carbonyl (C=O) groups is 2. The van der Waals surface area contributed by atoms with Crippen molar-refractivity contribution in [3.8, 4) is 0 Å². The number of amides is 1. The van der Waals surface area contributed by atoms with Gasteiger partial charge in [0, 0.05) is 24.9 Å². The molecule has 8 heteroatoms. The van der Waals surface area contributed by atoms with Crippen LogP contribution in [0.3, 0.4) is 0 Å². The molecule has 1 aromatic heterocycles. The molecule has 2 fully saturated rings. The van der Waals surface area contributed by atoms with Crippen LogP contribution in [0.4, 0.5) is 4.79 Å². The number of ether oxygens (including phenoxy) is 1. The van der Waals surface area contributed by atoms with Crippen LogP contribution in [0.5, 0.6) is 0 Å². The lowest BCUT2D eigenvalue weighted by molar-refractivity contribution is 0.0171. The molecule has 1 saturated carbocycles. The molecule has 2 heterocycles. The fourth-order valence-electron chi connectivity index (χ4n) is 4.90. The van der Waals surface area contributed by atoms with E-state index < -0.39 is 11.6 Å². The lowest BCUT2D eigenvalue weighted by Crippen LogP contribution is -2.44. The zero-order chi connectivity index (χ0) is 25.0. The van der Waals surface area contributed by atoms with E-state index in [2.05, 4.69) is 34.1 Å². The van der Waals surface area contributed by atoms with Crippen LogP contribution in [0.2, 0.25) is 0 Å². The van der Waals surface area contributed by atoms with E-state index >= 15 is 0 Å². The quantitative estimate of drug-likeness (QED) is 0.506. The summed E-state index contributed by atoms with van der Waals surface area (Å²) >= 11 is 1.27. The summed E-state index contributed by atoms with van der Waals surface area (Å²) in [4.78, 5) is 33.2. The first-order chi connectivity index (χ1) is 16.7. The summed E-state index contributed by atoms with van der Waals surface area (Å²) in [5.74, 6) is -0.0262. The maximum atomic E-state index is 13.1. The Kier molecular flexibility index (Phi) is 8.12. The van der Waals surface area contributed by atoms with Crippen LogP contribution in [0.1, 0.15) is 72.6 Å². The molecule has 35 heavy (non-hydrogen) atoms. The van der Waals surface area contributed by atoms with Gasteiger partial charge < -0.3 is 19.6 Å². The number of rotatable bonds is 9. The highest BCUT2D eigenvalue weighted by atomic mass is 32.1. The number of carboxylic acid groups (broad SMARTS) is 1. The number of hydrogen-bond acceptors (Lipinski definition) is 6. The van der Waals surface area contributed by atoms with Gasteiger partial charge in [0.15, 0.2) is 0 Å². The highest BCUT2D eigenvalue weighted by Gasteiger charge is 2.46. The minimum Gasteiger partial charge on any atom is -0.477 e. The Morgan fingerprint density at radius 2 is 1.91 bits per heavy atom. The number of aromatic nitrogens is 1. The van der Waals surface area contributed by atoms with Crippen LogP contribution in [0.25, 0.3) is 0 Å². The predicted molar refractivity (Wildman–Crippen MR) is 137 cm³/mol. The number of benzene rings is 1. The third kappa shape index (κ3) is 7.27. The Hall–Kier alpha value is -2.45. The molecule has 2 aromatic rings. The van der Waals surface area contributed by atoms with E-state index in [0.717, 1.165) is 63.3 Å². The molecule has 2 aliphatic rings. The summed E-state index contributed by atoms with van der Waals surface area (Å²) in [7, 11) is 0. The number of nitrogens with zero attached hydrogens (tertiary/aromatic N) is 3. The van der Waals surface area contributed by atoms with Gasteiger partial charge in [-0.25, -0.2) is 14.6 Å². The molecule has 1 aromatic carbocycles. The van der Waals surface area contributed by atoms with Crippen molar-refractivity contribution >= 4 is 23.4 Å². The second kappa shape index (κ2) is 11.1. The van der Waals surface area contributed by atoms with Crippen molar-refractivity contribution in [1.82, 2.24) is 14.8 Å². The molecule has 0 spiro atoms. The molecule has 2 unspecified atom stereocenters. The number of aryl methyl sites for hydroxylation is 1. The number of piperidine rings is 1. The summed E-state index contributed by atoms with van der Waals surface area (Å²) in [6, 6.07) is 10.7. The monoisotopic (exact) mass is 499 g/mol. The Balaban J connectivity index is 1.26. The highest BCUT2D eigenvalue weighted by Crippen LogP contribution is 2.45. The topological polar surface area (TPSA) is 83.0 Å². The van der Waals surface area contributed by atoms with Crippen molar-refractivity contribution < 1.29 is 19.4 Å². The van der Waals surface area contributed by atoms with E-state index in [-0.39, 0.29) is 12.1 Å². The van der Waals surface area contributed by atoms with E-state index in [0.29, 0.717) is 16.7 Å². The minimum atomic E-state index is -0.905. The first-order valence-electron chi connectivity index (χ1n) is 12.6.